The molecule has 0 amide bonds. The van der Waals surface area contributed by atoms with Gasteiger partial charge in [-0.15, -0.1) is 0 Å². The highest BCUT2D eigenvalue weighted by atomic mass is 32.2. The van der Waals surface area contributed by atoms with Gasteiger partial charge in [-0.05, 0) is 44.0 Å². The van der Waals surface area contributed by atoms with Gasteiger partial charge in [-0.1, -0.05) is 6.92 Å². The molecule has 1 aliphatic carbocycles. The van der Waals surface area contributed by atoms with Crippen LogP contribution in [0.1, 0.15) is 25.3 Å². The van der Waals surface area contributed by atoms with Gasteiger partial charge >= 0.3 is 5.97 Å². The number of benzene rings is 1. The van der Waals surface area contributed by atoms with Crippen LogP contribution in [0.25, 0.3) is 0 Å². The first-order valence-corrected chi connectivity index (χ1v) is 9.06. The number of aliphatic carboxylic acids is 1. The van der Waals surface area contributed by atoms with Crippen LogP contribution in [-0.4, -0.2) is 49.6 Å². The Morgan fingerprint density at radius 1 is 1.33 bits per heavy atom. The molecule has 1 saturated carbocycles. The summed E-state index contributed by atoms with van der Waals surface area (Å²) in [6.45, 7) is 3.60. The molecule has 6 nitrogen and oxygen atoms in total. The molecule has 2 rings (SSSR count). The molecule has 0 atom stereocenters. The molecule has 0 radical (unpaired) electrons. The second kappa shape index (κ2) is 7.12. The van der Waals surface area contributed by atoms with Crippen LogP contribution in [0.5, 0.6) is 0 Å². The number of nitrogens with zero attached hydrogens (tertiary/aromatic N) is 1. The van der Waals surface area contributed by atoms with E-state index >= 15 is 0 Å². The number of carboxylic acid groups (broad SMARTS) is 1. The lowest BCUT2D eigenvalue weighted by Crippen LogP contribution is -2.54. The van der Waals surface area contributed by atoms with Gasteiger partial charge in [-0.25, -0.2) is 21.9 Å². The number of carboxylic acids is 1. The SMILES string of the molecule is CCN(CC(=O)O)C1CC(NS(=O)(=O)c2cc(F)c(C)cc2F)C1. The second-order valence-electron chi connectivity index (χ2n) is 5.93. The average Bonchev–Trinajstić information content (AvgIpc) is 2.43. The molecular formula is C15H20F2N2O4S. The molecule has 1 fully saturated rings. The molecule has 1 aromatic carbocycles. The third kappa shape index (κ3) is 4.08. The Morgan fingerprint density at radius 3 is 2.50 bits per heavy atom. The van der Waals surface area contributed by atoms with E-state index in [1.165, 1.54) is 6.92 Å². The van der Waals surface area contributed by atoms with E-state index in [0.29, 0.717) is 25.5 Å². The summed E-state index contributed by atoms with van der Waals surface area (Å²) in [4.78, 5) is 11.8. The van der Waals surface area contributed by atoms with Crippen molar-refractivity contribution in [2.24, 2.45) is 0 Å². The summed E-state index contributed by atoms with van der Waals surface area (Å²) < 4.78 is 54.2. The van der Waals surface area contributed by atoms with Crippen LogP contribution < -0.4 is 4.72 Å². The van der Waals surface area contributed by atoms with Gasteiger partial charge in [0.2, 0.25) is 10.0 Å². The molecule has 9 heteroatoms. The van der Waals surface area contributed by atoms with Crippen LogP contribution >= 0.6 is 0 Å². The first kappa shape index (κ1) is 18.8. The zero-order valence-electron chi connectivity index (χ0n) is 13.4. The highest BCUT2D eigenvalue weighted by Gasteiger charge is 2.37. The van der Waals surface area contributed by atoms with E-state index in [-0.39, 0.29) is 18.2 Å². The number of sulfonamides is 1. The number of aryl methyl sites for hydroxylation is 1. The molecule has 0 aromatic heterocycles. The van der Waals surface area contributed by atoms with Crippen molar-refractivity contribution in [3.05, 3.63) is 29.3 Å². The van der Waals surface area contributed by atoms with Crippen LogP contribution in [-0.2, 0) is 14.8 Å². The fraction of sp³-hybridized carbons (Fsp3) is 0.533. The van der Waals surface area contributed by atoms with Gasteiger partial charge in [0.15, 0.2) is 0 Å². The Balaban J connectivity index is 2.03. The second-order valence-corrected chi connectivity index (χ2v) is 7.61. The predicted octanol–water partition coefficient (Wildman–Crippen LogP) is 1.49. The maximum absolute atomic E-state index is 13.8. The van der Waals surface area contributed by atoms with Crippen molar-refractivity contribution >= 4 is 16.0 Å². The van der Waals surface area contributed by atoms with Crippen molar-refractivity contribution in [3.8, 4) is 0 Å². The predicted molar refractivity (Wildman–Crippen MR) is 83.1 cm³/mol. The lowest BCUT2D eigenvalue weighted by molar-refractivity contribution is -0.139. The Kier molecular flexibility index (Phi) is 5.56. The first-order valence-electron chi connectivity index (χ1n) is 7.57. The fourth-order valence-corrected chi connectivity index (χ4v) is 4.10. The van der Waals surface area contributed by atoms with Crippen molar-refractivity contribution in [3.63, 3.8) is 0 Å². The molecule has 2 N–H and O–H groups in total. The zero-order valence-corrected chi connectivity index (χ0v) is 14.2. The Labute approximate surface area is 139 Å². The maximum atomic E-state index is 13.8. The third-order valence-corrected chi connectivity index (χ3v) is 5.73. The summed E-state index contributed by atoms with van der Waals surface area (Å²) in [5.41, 5.74) is 0.0300. The first-order chi connectivity index (χ1) is 11.1. The molecule has 0 heterocycles. The van der Waals surface area contributed by atoms with E-state index < -0.39 is 38.6 Å². The van der Waals surface area contributed by atoms with E-state index in [2.05, 4.69) is 4.72 Å². The zero-order chi connectivity index (χ0) is 18.1. The summed E-state index contributed by atoms with van der Waals surface area (Å²) in [7, 11) is -4.17. The quantitative estimate of drug-likeness (QED) is 0.767. The summed E-state index contributed by atoms with van der Waals surface area (Å²) in [5.74, 6) is -2.74. The van der Waals surface area contributed by atoms with Gasteiger partial charge in [0.25, 0.3) is 0 Å². The van der Waals surface area contributed by atoms with Crippen molar-refractivity contribution in [2.45, 2.75) is 43.7 Å². The maximum Gasteiger partial charge on any atom is 0.317 e. The molecule has 0 aliphatic heterocycles. The Morgan fingerprint density at radius 2 is 1.96 bits per heavy atom. The largest absolute Gasteiger partial charge is 0.480 e. The Hall–Kier alpha value is -1.58. The molecule has 1 aliphatic rings. The van der Waals surface area contributed by atoms with E-state index in [1.807, 2.05) is 6.92 Å². The van der Waals surface area contributed by atoms with Crippen molar-refractivity contribution < 1.29 is 27.1 Å². The summed E-state index contributed by atoms with van der Waals surface area (Å²) in [5, 5.41) is 8.83. The van der Waals surface area contributed by atoms with Gasteiger partial charge in [-0.2, -0.15) is 0 Å². The fourth-order valence-electron chi connectivity index (χ4n) is 2.77. The van der Waals surface area contributed by atoms with E-state index in [0.717, 1.165) is 6.07 Å². The minimum atomic E-state index is -4.17. The van der Waals surface area contributed by atoms with Gasteiger partial charge < -0.3 is 5.11 Å². The van der Waals surface area contributed by atoms with Gasteiger partial charge in [-0.3, -0.25) is 9.69 Å². The number of halogens is 2. The minimum absolute atomic E-state index is 0.0300. The van der Waals surface area contributed by atoms with Gasteiger partial charge in [0.1, 0.15) is 16.5 Å². The number of hydrogen-bond donors (Lipinski definition) is 2. The average molecular weight is 362 g/mol. The van der Waals surface area contributed by atoms with E-state index in [4.69, 9.17) is 5.11 Å². The van der Waals surface area contributed by atoms with Crippen molar-refractivity contribution in [1.82, 2.24) is 9.62 Å². The number of likely N-dealkylation sites (N-methyl/N-ethyl adjacent to an activating group) is 1. The molecule has 134 valence electrons. The third-order valence-electron chi connectivity index (χ3n) is 4.20. The van der Waals surface area contributed by atoms with Crippen molar-refractivity contribution in [1.29, 1.82) is 0 Å². The van der Waals surface area contributed by atoms with Crippen LogP contribution in [0, 0.1) is 18.6 Å². The molecular weight excluding hydrogens is 342 g/mol. The van der Waals surface area contributed by atoms with Crippen molar-refractivity contribution in [2.75, 3.05) is 13.1 Å². The molecule has 1 aromatic rings. The topological polar surface area (TPSA) is 86.7 Å². The highest BCUT2D eigenvalue weighted by molar-refractivity contribution is 7.89. The lowest BCUT2D eigenvalue weighted by Gasteiger charge is -2.42. The molecule has 0 saturated heterocycles. The normalized spacial score (nSPS) is 20.9. The molecule has 0 unspecified atom stereocenters. The van der Waals surface area contributed by atoms with E-state index in [1.54, 1.807) is 4.90 Å². The smallest absolute Gasteiger partial charge is 0.317 e. The number of nitrogens with one attached hydrogen (secondary N) is 1. The molecule has 24 heavy (non-hydrogen) atoms. The van der Waals surface area contributed by atoms with Gasteiger partial charge in [0, 0.05) is 12.1 Å². The minimum Gasteiger partial charge on any atom is -0.480 e. The summed E-state index contributed by atoms with van der Waals surface area (Å²) in [6, 6.07) is 1.05. The van der Waals surface area contributed by atoms with Crippen LogP contribution in [0.15, 0.2) is 17.0 Å². The van der Waals surface area contributed by atoms with E-state index in [9.17, 15) is 22.0 Å². The molecule has 0 bridgehead atoms. The standard InChI is InChI=1S/C15H20F2N2O4S/c1-3-19(8-15(20)21)11-5-10(6-11)18-24(22,23)14-7-12(16)9(2)4-13(14)17/h4,7,10-11,18H,3,5-6,8H2,1-2H3,(H,20,21). The highest BCUT2D eigenvalue weighted by Crippen LogP contribution is 2.28. The summed E-state index contributed by atoms with van der Waals surface area (Å²) in [6.07, 6.45) is 0.854. The number of hydrogen-bond acceptors (Lipinski definition) is 4. The van der Waals surface area contributed by atoms with Crippen LogP contribution in [0.3, 0.4) is 0 Å². The monoisotopic (exact) mass is 362 g/mol. The number of carbonyl (C=O) groups is 1. The Bertz CT molecular complexity index is 733. The van der Waals surface area contributed by atoms with Crippen LogP contribution in [0.2, 0.25) is 0 Å². The summed E-state index contributed by atoms with van der Waals surface area (Å²) >= 11 is 0. The van der Waals surface area contributed by atoms with Gasteiger partial charge in [0.05, 0.1) is 6.54 Å². The molecule has 0 spiro atoms. The lowest BCUT2D eigenvalue weighted by atomic mass is 9.86. The number of rotatable bonds is 7. The van der Waals surface area contributed by atoms with Crippen LogP contribution in [0.4, 0.5) is 8.78 Å².